The zero-order valence-corrected chi connectivity index (χ0v) is 6.68. The minimum Gasteiger partial charge on any atom is -0.241 e. The first-order valence-electron chi connectivity index (χ1n) is 3.52. The van der Waals surface area contributed by atoms with Crippen molar-refractivity contribution in [1.82, 2.24) is 9.97 Å². The molecule has 0 aromatic carbocycles. The van der Waals surface area contributed by atoms with Gasteiger partial charge in [0.25, 0.3) is 0 Å². The van der Waals surface area contributed by atoms with Crippen LogP contribution in [0.4, 0.5) is 0 Å². The molecule has 0 spiro atoms. The molecule has 0 aliphatic heterocycles. The Labute approximate surface area is 61.3 Å². The molecular formula is C8H12N2. The first kappa shape index (κ1) is 7.19. The van der Waals surface area contributed by atoms with Crippen LogP contribution in [0, 0.1) is 13.8 Å². The monoisotopic (exact) mass is 136 g/mol. The second-order valence-corrected chi connectivity index (χ2v) is 2.38. The second-order valence-electron chi connectivity index (χ2n) is 2.38. The van der Waals surface area contributed by atoms with Crippen LogP contribution in [-0.2, 0) is 6.42 Å². The molecule has 0 saturated carbocycles. The molecule has 0 bridgehead atoms. The third-order valence-electron chi connectivity index (χ3n) is 1.78. The van der Waals surface area contributed by atoms with Crippen LogP contribution in [0.5, 0.6) is 0 Å². The third kappa shape index (κ3) is 1.15. The fourth-order valence-electron chi connectivity index (χ4n) is 0.944. The second kappa shape index (κ2) is 2.78. The van der Waals surface area contributed by atoms with Gasteiger partial charge in [-0.2, -0.15) is 0 Å². The molecule has 0 N–H and O–H groups in total. The predicted molar refractivity (Wildman–Crippen MR) is 40.9 cm³/mol. The molecule has 1 rings (SSSR count). The lowest BCUT2D eigenvalue weighted by Gasteiger charge is -2.01. The maximum Gasteiger partial charge on any atom is 0.115 e. The van der Waals surface area contributed by atoms with E-state index in [-0.39, 0.29) is 0 Å². The van der Waals surface area contributed by atoms with Crippen molar-refractivity contribution in [2.75, 3.05) is 0 Å². The smallest absolute Gasteiger partial charge is 0.115 e. The Bertz CT molecular complexity index is 231. The Hall–Kier alpha value is -0.920. The van der Waals surface area contributed by atoms with Gasteiger partial charge in [-0.3, -0.25) is 0 Å². The van der Waals surface area contributed by atoms with Crippen LogP contribution in [0.15, 0.2) is 6.33 Å². The largest absolute Gasteiger partial charge is 0.241 e. The van der Waals surface area contributed by atoms with E-state index in [0.717, 1.165) is 17.8 Å². The SMILES string of the molecule is CCc1ncnc(C)c1C. The van der Waals surface area contributed by atoms with Crippen LogP contribution in [-0.4, -0.2) is 9.97 Å². The van der Waals surface area contributed by atoms with Gasteiger partial charge in [0.05, 0.1) is 0 Å². The van der Waals surface area contributed by atoms with Crippen molar-refractivity contribution in [3.8, 4) is 0 Å². The van der Waals surface area contributed by atoms with Gasteiger partial charge in [-0.25, -0.2) is 9.97 Å². The fraction of sp³-hybridized carbons (Fsp3) is 0.500. The van der Waals surface area contributed by atoms with Crippen molar-refractivity contribution >= 4 is 0 Å². The van der Waals surface area contributed by atoms with Gasteiger partial charge < -0.3 is 0 Å². The molecule has 1 aromatic heterocycles. The van der Waals surface area contributed by atoms with Crippen molar-refractivity contribution in [1.29, 1.82) is 0 Å². The van der Waals surface area contributed by atoms with E-state index < -0.39 is 0 Å². The summed E-state index contributed by atoms with van der Waals surface area (Å²) in [6, 6.07) is 0. The molecule has 2 heteroatoms. The number of hydrogen-bond donors (Lipinski definition) is 0. The predicted octanol–water partition coefficient (Wildman–Crippen LogP) is 1.66. The highest BCUT2D eigenvalue weighted by atomic mass is 14.8. The van der Waals surface area contributed by atoms with E-state index in [0.29, 0.717) is 0 Å². The highest BCUT2D eigenvalue weighted by Gasteiger charge is 1.98. The molecule has 2 nitrogen and oxygen atoms in total. The minimum atomic E-state index is 0.995. The van der Waals surface area contributed by atoms with E-state index >= 15 is 0 Å². The van der Waals surface area contributed by atoms with Crippen LogP contribution < -0.4 is 0 Å². The Morgan fingerprint density at radius 1 is 1.30 bits per heavy atom. The minimum absolute atomic E-state index is 0.995. The third-order valence-corrected chi connectivity index (χ3v) is 1.78. The van der Waals surface area contributed by atoms with E-state index in [1.165, 1.54) is 5.56 Å². The van der Waals surface area contributed by atoms with Gasteiger partial charge in [-0.15, -0.1) is 0 Å². The van der Waals surface area contributed by atoms with Gasteiger partial charge in [0, 0.05) is 11.4 Å². The van der Waals surface area contributed by atoms with Crippen molar-refractivity contribution in [3.05, 3.63) is 23.3 Å². The van der Waals surface area contributed by atoms with Gasteiger partial charge >= 0.3 is 0 Å². The quantitative estimate of drug-likeness (QED) is 0.586. The number of nitrogens with zero attached hydrogens (tertiary/aromatic N) is 2. The lowest BCUT2D eigenvalue weighted by Crippen LogP contribution is -1.96. The first-order valence-corrected chi connectivity index (χ1v) is 3.52. The summed E-state index contributed by atoms with van der Waals surface area (Å²) in [6.45, 7) is 6.18. The molecule has 0 fully saturated rings. The lowest BCUT2D eigenvalue weighted by atomic mass is 10.1. The highest BCUT2D eigenvalue weighted by molar-refractivity contribution is 5.21. The summed E-state index contributed by atoms with van der Waals surface area (Å²) in [5.74, 6) is 0. The Balaban J connectivity index is 3.14. The molecule has 0 unspecified atom stereocenters. The maximum atomic E-state index is 4.15. The summed E-state index contributed by atoms with van der Waals surface area (Å²) in [7, 11) is 0. The van der Waals surface area contributed by atoms with E-state index in [1.807, 2.05) is 6.92 Å². The molecule has 0 amide bonds. The van der Waals surface area contributed by atoms with Gasteiger partial charge in [-0.1, -0.05) is 6.92 Å². The summed E-state index contributed by atoms with van der Waals surface area (Å²) >= 11 is 0. The highest BCUT2D eigenvalue weighted by Crippen LogP contribution is 2.06. The van der Waals surface area contributed by atoms with E-state index in [1.54, 1.807) is 6.33 Å². The van der Waals surface area contributed by atoms with Crippen molar-refractivity contribution in [2.24, 2.45) is 0 Å². The first-order chi connectivity index (χ1) is 4.75. The normalized spacial score (nSPS) is 9.90. The number of rotatable bonds is 1. The van der Waals surface area contributed by atoms with Crippen LogP contribution in [0.25, 0.3) is 0 Å². The average molecular weight is 136 g/mol. The molecule has 1 heterocycles. The number of aromatic nitrogens is 2. The molecule has 1 aromatic rings. The van der Waals surface area contributed by atoms with Crippen molar-refractivity contribution in [3.63, 3.8) is 0 Å². The van der Waals surface area contributed by atoms with Gasteiger partial charge in [0.1, 0.15) is 6.33 Å². The summed E-state index contributed by atoms with van der Waals surface area (Å²) in [5.41, 5.74) is 3.48. The van der Waals surface area contributed by atoms with Crippen molar-refractivity contribution < 1.29 is 0 Å². The summed E-state index contributed by atoms with van der Waals surface area (Å²) in [5, 5.41) is 0. The van der Waals surface area contributed by atoms with Crippen LogP contribution in [0.2, 0.25) is 0 Å². The maximum absolute atomic E-state index is 4.15. The zero-order chi connectivity index (χ0) is 7.56. The lowest BCUT2D eigenvalue weighted by molar-refractivity contribution is 0.943. The van der Waals surface area contributed by atoms with Crippen LogP contribution in [0.3, 0.4) is 0 Å². The van der Waals surface area contributed by atoms with E-state index in [9.17, 15) is 0 Å². The summed E-state index contributed by atoms with van der Waals surface area (Å²) in [6.07, 6.45) is 2.62. The Morgan fingerprint density at radius 3 is 2.50 bits per heavy atom. The van der Waals surface area contributed by atoms with Gasteiger partial charge in [0.2, 0.25) is 0 Å². The molecule has 0 aliphatic rings. The molecule has 0 atom stereocenters. The number of hydrogen-bond acceptors (Lipinski definition) is 2. The average Bonchev–Trinajstić information content (AvgIpc) is 1.95. The van der Waals surface area contributed by atoms with Crippen LogP contribution >= 0.6 is 0 Å². The number of aryl methyl sites for hydroxylation is 2. The van der Waals surface area contributed by atoms with E-state index in [4.69, 9.17) is 0 Å². The van der Waals surface area contributed by atoms with Gasteiger partial charge in [0.15, 0.2) is 0 Å². The van der Waals surface area contributed by atoms with E-state index in [2.05, 4.69) is 23.8 Å². The molecular weight excluding hydrogens is 124 g/mol. The van der Waals surface area contributed by atoms with Gasteiger partial charge in [-0.05, 0) is 25.8 Å². The van der Waals surface area contributed by atoms with Crippen LogP contribution in [0.1, 0.15) is 23.9 Å². The summed E-state index contributed by atoms with van der Waals surface area (Å²) < 4.78 is 0. The molecule has 0 radical (unpaired) electrons. The Kier molecular flexibility index (Phi) is 2.00. The summed E-state index contributed by atoms with van der Waals surface area (Å²) in [4.78, 5) is 8.22. The van der Waals surface area contributed by atoms with Crippen molar-refractivity contribution in [2.45, 2.75) is 27.2 Å². The molecule has 0 saturated heterocycles. The molecule has 10 heavy (non-hydrogen) atoms. The fourth-order valence-corrected chi connectivity index (χ4v) is 0.944. The Morgan fingerprint density at radius 2 is 2.00 bits per heavy atom. The zero-order valence-electron chi connectivity index (χ0n) is 6.68. The molecule has 0 aliphatic carbocycles. The standard InChI is InChI=1S/C8H12N2/c1-4-8-6(2)7(3)9-5-10-8/h5H,4H2,1-3H3. The molecule has 54 valence electrons. The topological polar surface area (TPSA) is 25.8 Å².